The highest BCUT2D eigenvalue weighted by molar-refractivity contribution is 5.94. The number of anilines is 1. The molecule has 1 heterocycles. The monoisotopic (exact) mass is 180 g/mol. The van der Waals surface area contributed by atoms with E-state index < -0.39 is 0 Å². The summed E-state index contributed by atoms with van der Waals surface area (Å²) < 4.78 is 0. The number of hydrogen-bond acceptors (Lipinski definition) is 4. The van der Waals surface area contributed by atoms with E-state index in [1.807, 2.05) is 0 Å². The molecule has 1 amide bonds. The largest absolute Gasteiger partial charge is 0.384 e. The second kappa shape index (κ2) is 3.86. The Labute approximate surface area is 76.5 Å². The lowest BCUT2D eigenvalue weighted by atomic mass is 10.2. The Morgan fingerprint density at radius 1 is 1.62 bits per heavy atom. The Bertz CT molecular complexity index is 311. The van der Waals surface area contributed by atoms with Crippen molar-refractivity contribution in [2.24, 2.45) is 0 Å². The first-order valence-electron chi connectivity index (χ1n) is 3.79. The quantitative estimate of drug-likeness (QED) is 0.622. The summed E-state index contributed by atoms with van der Waals surface area (Å²) in [5, 5.41) is 1.57. The van der Waals surface area contributed by atoms with Crippen molar-refractivity contribution >= 4 is 11.7 Å². The summed E-state index contributed by atoms with van der Waals surface area (Å²) in [5.74, 6) is 0.144. The molecule has 0 atom stereocenters. The van der Waals surface area contributed by atoms with E-state index in [4.69, 9.17) is 5.73 Å². The van der Waals surface area contributed by atoms with Gasteiger partial charge >= 0.3 is 0 Å². The lowest BCUT2D eigenvalue weighted by Crippen LogP contribution is -2.36. The molecule has 5 heteroatoms. The van der Waals surface area contributed by atoms with Gasteiger partial charge in [-0.05, 0) is 12.1 Å². The van der Waals surface area contributed by atoms with Gasteiger partial charge in [-0.1, -0.05) is 0 Å². The maximum atomic E-state index is 11.4. The molecule has 0 aliphatic heterocycles. The van der Waals surface area contributed by atoms with Gasteiger partial charge in [-0.2, -0.15) is 0 Å². The summed E-state index contributed by atoms with van der Waals surface area (Å²) in [6, 6.07) is 3.13. The van der Waals surface area contributed by atoms with Gasteiger partial charge in [-0.25, -0.2) is 9.99 Å². The van der Waals surface area contributed by atoms with Gasteiger partial charge in [0.1, 0.15) is 5.82 Å². The van der Waals surface area contributed by atoms with E-state index >= 15 is 0 Å². The van der Waals surface area contributed by atoms with Crippen molar-refractivity contribution in [1.82, 2.24) is 15.4 Å². The minimum atomic E-state index is -0.195. The average molecular weight is 180 g/mol. The summed E-state index contributed by atoms with van der Waals surface area (Å²) in [6.45, 7) is 0. The Balaban J connectivity index is 2.77. The molecule has 0 saturated carbocycles. The van der Waals surface area contributed by atoms with E-state index in [9.17, 15) is 4.79 Å². The van der Waals surface area contributed by atoms with E-state index in [-0.39, 0.29) is 5.91 Å². The third-order valence-corrected chi connectivity index (χ3v) is 1.37. The fourth-order valence-corrected chi connectivity index (χ4v) is 0.857. The van der Waals surface area contributed by atoms with E-state index in [0.717, 1.165) is 0 Å². The number of rotatable bonds is 2. The van der Waals surface area contributed by atoms with Crippen LogP contribution in [-0.2, 0) is 0 Å². The second-order valence-corrected chi connectivity index (χ2v) is 2.80. The molecule has 0 fully saturated rings. The Kier molecular flexibility index (Phi) is 2.81. The lowest BCUT2D eigenvalue weighted by Gasteiger charge is -2.11. The maximum absolute atomic E-state index is 11.4. The summed E-state index contributed by atoms with van der Waals surface area (Å²) >= 11 is 0. The number of hydrogen-bond donors (Lipinski definition) is 2. The number of carbonyl (C=O) groups excluding carboxylic acids is 1. The van der Waals surface area contributed by atoms with Crippen LogP contribution in [0.2, 0.25) is 0 Å². The standard InChI is InChI=1S/C8H12N4O/c1-12(2)11-8(13)6-3-4-10-7(9)5-6/h3-5H,1-2H3,(H2,9,10)(H,11,13). The summed E-state index contributed by atoms with van der Waals surface area (Å²) in [5.41, 5.74) is 8.52. The zero-order valence-electron chi connectivity index (χ0n) is 7.61. The van der Waals surface area contributed by atoms with Gasteiger partial charge in [0, 0.05) is 25.9 Å². The topological polar surface area (TPSA) is 71.2 Å². The van der Waals surface area contributed by atoms with Crippen LogP contribution >= 0.6 is 0 Å². The van der Waals surface area contributed by atoms with Crippen LogP contribution in [0, 0.1) is 0 Å². The molecular formula is C8H12N4O. The van der Waals surface area contributed by atoms with Crippen LogP contribution in [0.4, 0.5) is 5.82 Å². The highest BCUT2D eigenvalue weighted by atomic mass is 16.2. The van der Waals surface area contributed by atoms with Crippen LogP contribution in [0.3, 0.4) is 0 Å². The molecule has 0 aliphatic rings. The van der Waals surface area contributed by atoms with Gasteiger partial charge in [-0.3, -0.25) is 10.2 Å². The third-order valence-electron chi connectivity index (χ3n) is 1.37. The number of carbonyl (C=O) groups is 1. The molecule has 70 valence electrons. The van der Waals surface area contributed by atoms with Crippen LogP contribution in [0.1, 0.15) is 10.4 Å². The van der Waals surface area contributed by atoms with Crippen LogP contribution in [-0.4, -0.2) is 30.0 Å². The van der Waals surface area contributed by atoms with E-state index in [1.54, 1.807) is 25.2 Å². The van der Waals surface area contributed by atoms with E-state index in [2.05, 4.69) is 10.4 Å². The van der Waals surface area contributed by atoms with Gasteiger partial charge in [0.15, 0.2) is 0 Å². The van der Waals surface area contributed by atoms with Crippen molar-refractivity contribution in [3.05, 3.63) is 23.9 Å². The SMILES string of the molecule is CN(C)NC(=O)c1ccnc(N)c1. The Morgan fingerprint density at radius 3 is 2.85 bits per heavy atom. The number of hydrazine groups is 1. The van der Waals surface area contributed by atoms with E-state index in [0.29, 0.717) is 11.4 Å². The van der Waals surface area contributed by atoms with E-state index in [1.165, 1.54) is 12.3 Å². The predicted octanol–water partition coefficient (Wildman–Crippen LogP) is -0.130. The van der Waals surface area contributed by atoms with Crippen molar-refractivity contribution in [3.8, 4) is 0 Å². The maximum Gasteiger partial charge on any atom is 0.265 e. The fourth-order valence-electron chi connectivity index (χ4n) is 0.857. The molecule has 0 bridgehead atoms. The normalized spacial score (nSPS) is 10.1. The predicted molar refractivity (Wildman–Crippen MR) is 49.8 cm³/mol. The Hall–Kier alpha value is -1.62. The minimum absolute atomic E-state index is 0.195. The van der Waals surface area contributed by atoms with Crippen LogP contribution < -0.4 is 11.2 Å². The molecule has 0 unspecified atom stereocenters. The highest BCUT2D eigenvalue weighted by Crippen LogP contribution is 2.02. The first-order valence-corrected chi connectivity index (χ1v) is 3.79. The van der Waals surface area contributed by atoms with Gasteiger partial charge in [0.2, 0.25) is 0 Å². The van der Waals surface area contributed by atoms with Crippen molar-refractivity contribution in [2.45, 2.75) is 0 Å². The number of nitrogens with one attached hydrogen (secondary N) is 1. The molecule has 0 aromatic carbocycles. The molecule has 5 nitrogen and oxygen atoms in total. The first-order chi connectivity index (χ1) is 6.09. The van der Waals surface area contributed by atoms with Gasteiger partial charge in [-0.15, -0.1) is 0 Å². The number of pyridine rings is 1. The van der Waals surface area contributed by atoms with Crippen LogP contribution in [0.15, 0.2) is 18.3 Å². The van der Waals surface area contributed by atoms with Crippen LogP contribution in [0.25, 0.3) is 0 Å². The van der Waals surface area contributed by atoms with Gasteiger partial charge in [0.05, 0.1) is 0 Å². The zero-order chi connectivity index (χ0) is 9.84. The van der Waals surface area contributed by atoms with Crippen molar-refractivity contribution in [2.75, 3.05) is 19.8 Å². The number of amides is 1. The van der Waals surface area contributed by atoms with Gasteiger partial charge < -0.3 is 5.73 Å². The molecule has 1 aromatic rings. The number of nitrogen functional groups attached to an aromatic ring is 1. The smallest absolute Gasteiger partial charge is 0.265 e. The third kappa shape index (κ3) is 2.72. The number of nitrogens with two attached hydrogens (primary N) is 1. The molecule has 1 aromatic heterocycles. The second-order valence-electron chi connectivity index (χ2n) is 2.80. The number of nitrogens with zero attached hydrogens (tertiary/aromatic N) is 2. The van der Waals surface area contributed by atoms with Crippen molar-refractivity contribution < 1.29 is 4.79 Å². The molecule has 3 N–H and O–H groups in total. The average Bonchev–Trinajstić information content (AvgIpc) is 2.03. The highest BCUT2D eigenvalue weighted by Gasteiger charge is 2.05. The van der Waals surface area contributed by atoms with Crippen molar-refractivity contribution in [3.63, 3.8) is 0 Å². The van der Waals surface area contributed by atoms with Crippen LogP contribution in [0.5, 0.6) is 0 Å². The lowest BCUT2D eigenvalue weighted by molar-refractivity contribution is 0.0857. The minimum Gasteiger partial charge on any atom is -0.384 e. The number of aromatic nitrogens is 1. The molecule has 13 heavy (non-hydrogen) atoms. The zero-order valence-corrected chi connectivity index (χ0v) is 7.61. The summed E-state index contributed by atoms with van der Waals surface area (Å²) in [4.78, 5) is 15.2. The first kappa shape index (κ1) is 9.47. The molecule has 0 radical (unpaired) electrons. The van der Waals surface area contributed by atoms with Gasteiger partial charge in [0.25, 0.3) is 5.91 Å². The summed E-state index contributed by atoms with van der Waals surface area (Å²) in [6.07, 6.45) is 1.50. The Morgan fingerprint density at radius 2 is 2.31 bits per heavy atom. The molecule has 0 aliphatic carbocycles. The fraction of sp³-hybridized carbons (Fsp3) is 0.250. The molecule has 0 spiro atoms. The molecule has 1 rings (SSSR count). The summed E-state index contributed by atoms with van der Waals surface area (Å²) in [7, 11) is 3.48. The molecule has 0 saturated heterocycles. The molecular weight excluding hydrogens is 168 g/mol. The van der Waals surface area contributed by atoms with Crippen molar-refractivity contribution in [1.29, 1.82) is 0 Å².